The Hall–Kier alpha value is -0.0969. The second kappa shape index (κ2) is 5.53. The maximum atomic E-state index is 2.18. The number of anilines is 1. The molecule has 0 spiro atoms. The summed E-state index contributed by atoms with van der Waals surface area (Å²) >= 11 is 0. The Bertz CT molecular complexity index is 233. The van der Waals surface area contributed by atoms with E-state index in [9.17, 15) is 0 Å². The molecule has 0 unspecified atom stereocenters. The summed E-state index contributed by atoms with van der Waals surface area (Å²) < 4.78 is 0. The summed E-state index contributed by atoms with van der Waals surface area (Å²) in [5, 5.41) is 0. The molecule has 64 valence electrons. The molecule has 0 aliphatic rings. The fourth-order valence-corrected chi connectivity index (χ4v) is 1.25. The molecule has 0 saturated heterocycles. The van der Waals surface area contributed by atoms with E-state index in [1.807, 2.05) is 0 Å². The van der Waals surface area contributed by atoms with Gasteiger partial charge in [-0.2, -0.15) is 0 Å². The molecule has 0 radical (unpaired) electrons. The van der Waals surface area contributed by atoms with E-state index in [0.29, 0.717) is 0 Å². The Morgan fingerprint density at radius 1 is 1.17 bits per heavy atom. The topological polar surface area (TPSA) is 3.24 Å². The molecule has 2 heteroatoms. The number of hydrogen-bond acceptors (Lipinski definition) is 1. The Morgan fingerprint density at radius 3 is 2.17 bits per heavy atom. The molecule has 1 aromatic rings. The van der Waals surface area contributed by atoms with Gasteiger partial charge < -0.3 is 4.90 Å². The molecule has 0 saturated carbocycles. The smallest absolute Gasteiger partial charge is 0.0393 e. The Kier molecular flexibility index (Phi) is 5.49. The molecular formula is C10H15NZr. The Morgan fingerprint density at radius 2 is 1.75 bits per heavy atom. The number of para-hydroxylation sites is 1. The number of benzene rings is 1. The van der Waals surface area contributed by atoms with Crippen molar-refractivity contribution in [1.29, 1.82) is 0 Å². The monoisotopic (exact) mass is 239 g/mol. The van der Waals surface area contributed by atoms with Crippen LogP contribution in [0.15, 0.2) is 24.3 Å². The van der Waals surface area contributed by atoms with Crippen LogP contribution in [0.2, 0.25) is 0 Å². The summed E-state index contributed by atoms with van der Waals surface area (Å²) in [6, 6.07) is 8.49. The predicted molar refractivity (Wildman–Crippen MR) is 50.1 cm³/mol. The van der Waals surface area contributed by atoms with Crippen molar-refractivity contribution in [3.63, 3.8) is 0 Å². The number of aryl methyl sites for hydroxylation is 1. The summed E-state index contributed by atoms with van der Waals surface area (Å²) in [5.74, 6) is 0. The van der Waals surface area contributed by atoms with Crippen LogP contribution in [0.4, 0.5) is 5.69 Å². The van der Waals surface area contributed by atoms with Crippen LogP contribution in [0, 0.1) is 0 Å². The van der Waals surface area contributed by atoms with Crippen molar-refractivity contribution in [2.24, 2.45) is 0 Å². The molecule has 0 aromatic heterocycles. The van der Waals surface area contributed by atoms with Gasteiger partial charge in [-0.15, -0.1) is 0 Å². The van der Waals surface area contributed by atoms with Crippen LogP contribution in [-0.4, -0.2) is 14.1 Å². The van der Waals surface area contributed by atoms with E-state index < -0.39 is 0 Å². The van der Waals surface area contributed by atoms with E-state index >= 15 is 0 Å². The van der Waals surface area contributed by atoms with Crippen LogP contribution in [-0.2, 0) is 32.6 Å². The normalized spacial score (nSPS) is 8.92. The van der Waals surface area contributed by atoms with E-state index in [0.717, 1.165) is 6.42 Å². The van der Waals surface area contributed by atoms with Crippen molar-refractivity contribution in [3.05, 3.63) is 29.8 Å². The summed E-state index contributed by atoms with van der Waals surface area (Å²) in [5.41, 5.74) is 2.74. The van der Waals surface area contributed by atoms with E-state index in [2.05, 4.69) is 50.2 Å². The van der Waals surface area contributed by atoms with Gasteiger partial charge in [0, 0.05) is 46.0 Å². The quantitative estimate of drug-likeness (QED) is 0.767. The average molecular weight is 240 g/mol. The maximum Gasteiger partial charge on any atom is 0.0393 e. The zero-order valence-corrected chi connectivity index (χ0v) is 10.4. The van der Waals surface area contributed by atoms with E-state index in [4.69, 9.17) is 0 Å². The van der Waals surface area contributed by atoms with Gasteiger partial charge in [0.2, 0.25) is 0 Å². The second-order valence-electron chi connectivity index (χ2n) is 2.88. The van der Waals surface area contributed by atoms with Crippen LogP contribution in [0.5, 0.6) is 0 Å². The van der Waals surface area contributed by atoms with Crippen LogP contribution in [0.1, 0.15) is 12.5 Å². The standard InChI is InChI=1S/C10H15N.Zr/c1-4-9-7-5-6-8-10(9)11(2)3;/h5-8H,4H2,1-3H3;. The fourth-order valence-electron chi connectivity index (χ4n) is 1.25. The first-order valence-corrected chi connectivity index (χ1v) is 4.01. The number of hydrogen-bond donors (Lipinski definition) is 0. The molecule has 1 aromatic carbocycles. The molecule has 0 atom stereocenters. The number of rotatable bonds is 2. The number of nitrogens with zero attached hydrogens (tertiary/aromatic N) is 1. The van der Waals surface area contributed by atoms with Gasteiger partial charge in [0.15, 0.2) is 0 Å². The summed E-state index contributed by atoms with van der Waals surface area (Å²) in [4.78, 5) is 2.15. The first-order valence-electron chi connectivity index (χ1n) is 4.01. The molecule has 1 nitrogen and oxygen atoms in total. The van der Waals surface area contributed by atoms with Crippen molar-refractivity contribution in [2.45, 2.75) is 13.3 Å². The van der Waals surface area contributed by atoms with E-state index in [-0.39, 0.29) is 26.2 Å². The SMILES string of the molecule is CCc1ccccc1N(C)C.[Zr]. The maximum absolute atomic E-state index is 2.18. The minimum Gasteiger partial charge on any atom is -0.377 e. The molecule has 0 heterocycles. The molecule has 0 bridgehead atoms. The van der Waals surface area contributed by atoms with Crippen molar-refractivity contribution in [1.82, 2.24) is 0 Å². The first-order chi connectivity index (χ1) is 5.25. The van der Waals surface area contributed by atoms with Crippen LogP contribution < -0.4 is 4.90 Å². The Balaban J connectivity index is 0.00000121. The van der Waals surface area contributed by atoms with Crippen LogP contribution >= 0.6 is 0 Å². The zero-order chi connectivity index (χ0) is 8.27. The van der Waals surface area contributed by atoms with E-state index in [1.54, 1.807) is 0 Å². The van der Waals surface area contributed by atoms with Gasteiger partial charge in [-0.25, -0.2) is 0 Å². The van der Waals surface area contributed by atoms with Gasteiger partial charge in [-0.05, 0) is 18.1 Å². The molecule has 0 N–H and O–H groups in total. The fraction of sp³-hybridized carbons (Fsp3) is 0.400. The summed E-state index contributed by atoms with van der Waals surface area (Å²) in [7, 11) is 4.16. The Labute approximate surface area is 93.9 Å². The van der Waals surface area contributed by atoms with Crippen molar-refractivity contribution in [2.75, 3.05) is 19.0 Å². The summed E-state index contributed by atoms with van der Waals surface area (Å²) in [6.45, 7) is 2.18. The van der Waals surface area contributed by atoms with Crippen LogP contribution in [0.25, 0.3) is 0 Å². The molecule has 0 fully saturated rings. The minimum absolute atomic E-state index is 0. The molecule has 0 aliphatic heterocycles. The molecule has 0 aliphatic carbocycles. The third-order valence-electron chi connectivity index (χ3n) is 1.85. The molecule has 12 heavy (non-hydrogen) atoms. The third-order valence-corrected chi connectivity index (χ3v) is 1.85. The van der Waals surface area contributed by atoms with Gasteiger partial charge in [0.1, 0.15) is 0 Å². The average Bonchev–Trinajstić information content (AvgIpc) is 2.04. The molecular weight excluding hydrogens is 225 g/mol. The third kappa shape index (κ3) is 2.75. The van der Waals surface area contributed by atoms with E-state index in [1.165, 1.54) is 11.3 Å². The van der Waals surface area contributed by atoms with Crippen molar-refractivity contribution in [3.8, 4) is 0 Å². The van der Waals surface area contributed by atoms with Crippen molar-refractivity contribution >= 4 is 5.69 Å². The first kappa shape index (κ1) is 11.9. The summed E-state index contributed by atoms with van der Waals surface area (Å²) in [6.07, 6.45) is 1.11. The van der Waals surface area contributed by atoms with Crippen molar-refractivity contribution < 1.29 is 26.2 Å². The van der Waals surface area contributed by atoms with Crippen LogP contribution in [0.3, 0.4) is 0 Å². The molecule has 0 amide bonds. The minimum atomic E-state index is 0. The van der Waals surface area contributed by atoms with Gasteiger partial charge in [-0.1, -0.05) is 25.1 Å². The second-order valence-corrected chi connectivity index (χ2v) is 2.88. The largest absolute Gasteiger partial charge is 0.377 e. The van der Waals surface area contributed by atoms with Gasteiger partial charge in [0.05, 0.1) is 0 Å². The zero-order valence-electron chi connectivity index (χ0n) is 7.96. The van der Waals surface area contributed by atoms with Gasteiger partial charge in [-0.3, -0.25) is 0 Å². The van der Waals surface area contributed by atoms with Gasteiger partial charge >= 0.3 is 0 Å². The molecule has 1 rings (SSSR count). The van der Waals surface area contributed by atoms with Gasteiger partial charge in [0.25, 0.3) is 0 Å². The predicted octanol–water partition coefficient (Wildman–Crippen LogP) is 2.31.